The maximum atomic E-state index is 12.7. The summed E-state index contributed by atoms with van der Waals surface area (Å²) in [4.78, 5) is 12.6. The molecular weight excluding hydrogens is 409 g/mol. The van der Waals surface area contributed by atoms with E-state index in [0.717, 1.165) is 36.0 Å². The minimum absolute atomic E-state index is 0.128. The number of benzene rings is 3. The Hall–Kier alpha value is -3.10. The summed E-state index contributed by atoms with van der Waals surface area (Å²) in [5.74, 6) is 0.681. The molecule has 5 nitrogen and oxygen atoms in total. The molecule has 1 aliphatic heterocycles. The van der Waals surface area contributed by atoms with Crippen LogP contribution < -0.4 is 15.4 Å². The van der Waals surface area contributed by atoms with Crippen molar-refractivity contribution in [1.82, 2.24) is 10.6 Å². The van der Waals surface area contributed by atoms with Crippen molar-refractivity contribution in [3.8, 4) is 11.5 Å². The van der Waals surface area contributed by atoms with E-state index in [-0.39, 0.29) is 30.2 Å². The predicted molar refractivity (Wildman–Crippen MR) is 110 cm³/mol. The lowest BCUT2D eigenvalue weighted by Crippen LogP contribution is -2.56. The van der Waals surface area contributed by atoms with E-state index in [4.69, 9.17) is 4.74 Å². The number of amides is 1. The zero-order valence-electron chi connectivity index (χ0n) is 16.4. The number of ether oxygens (including phenoxy) is 1. The number of nitrogens with one attached hydrogen (secondary N) is 2. The van der Waals surface area contributed by atoms with Crippen LogP contribution in [0, 0.1) is 5.92 Å². The minimum Gasteiger partial charge on any atom is -0.457 e. The fraction of sp³-hybridized carbons (Fsp3) is 0.261. The van der Waals surface area contributed by atoms with Gasteiger partial charge in [-0.1, -0.05) is 12.1 Å². The average Bonchev–Trinajstić information content (AvgIpc) is 2.71. The second kappa shape index (κ2) is 8.56. The monoisotopic (exact) mass is 430 g/mol. The molecule has 1 amide bonds. The number of hydrogen-bond donors (Lipinski definition) is 3. The van der Waals surface area contributed by atoms with Crippen molar-refractivity contribution in [2.24, 2.45) is 5.92 Å². The fourth-order valence-corrected chi connectivity index (χ4v) is 3.48. The van der Waals surface area contributed by atoms with Crippen molar-refractivity contribution < 1.29 is 27.8 Å². The van der Waals surface area contributed by atoms with Gasteiger partial charge in [-0.05, 0) is 53.9 Å². The van der Waals surface area contributed by atoms with Crippen molar-refractivity contribution in [2.75, 3.05) is 19.7 Å². The number of carbonyl (C=O) groups is 1. The summed E-state index contributed by atoms with van der Waals surface area (Å²) in [5, 5.41) is 17.0. The molecular formula is C23H21F3N2O3. The molecule has 3 aromatic carbocycles. The molecule has 0 radical (unpaired) electrons. The molecule has 0 aromatic heterocycles. The molecule has 162 valence electrons. The highest BCUT2D eigenvalue weighted by Gasteiger charge is 2.30. The second-order valence-corrected chi connectivity index (χ2v) is 7.50. The number of halogens is 3. The van der Waals surface area contributed by atoms with E-state index in [1.54, 1.807) is 30.3 Å². The average molecular weight is 430 g/mol. The van der Waals surface area contributed by atoms with Gasteiger partial charge in [-0.2, -0.15) is 13.2 Å². The van der Waals surface area contributed by atoms with Gasteiger partial charge in [0, 0.05) is 30.0 Å². The minimum atomic E-state index is -4.40. The van der Waals surface area contributed by atoms with E-state index in [0.29, 0.717) is 11.3 Å². The van der Waals surface area contributed by atoms with Gasteiger partial charge in [0.2, 0.25) is 0 Å². The van der Waals surface area contributed by atoms with Gasteiger partial charge in [-0.15, -0.1) is 0 Å². The Morgan fingerprint density at radius 3 is 2.48 bits per heavy atom. The Kier molecular flexibility index (Phi) is 5.84. The SMILES string of the molecule is O=C(N[C@H](CO)C1CNC1)c1ccc2c(Oc3ccc(C(F)(F)F)cc3)cccc2c1. The molecule has 0 bridgehead atoms. The first-order chi connectivity index (χ1) is 14.8. The van der Waals surface area contributed by atoms with E-state index >= 15 is 0 Å². The summed E-state index contributed by atoms with van der Waals surface area (Å²) in [6, 6.07) is 14.6. The van der Waals surface area contributed by atoms with Crippen molar-refractivity contribution in [2.45, 2.75) is 12.2 Å². The molecule has 1 atom stereocenters. The molecule has 0 saturated carbocycles. The number of alkyl halides is 3. The summed E-state index contributed by atoms with van der Waals surface area (Å²) in [6.45, 7) is 1.39. The molecule has 1 saturated heterocycles. The number of aliphatic hydroxyl groups is 1. The van der Waals surface area contributed by atoms with Crippen LogP contribution in [0.2, 0.25) is 0 Å². The normalized spacial score (nSPS) is 15.4. The predicted octanol–water partition coefficient (Wildman–Crippen LogP) is 3.96. The first-order valence-corrected chi connectivity index (χ1v) is 9.85. The highest BCUT2D eigenvalue weighted by atomic mass is 19.4. The van der Waals surface area contributed by atoms with Gasteiger partial charge in [0.25, 0.3) is 5.91 Å². The maximum Gasteiger partial charge on any atom is 0.416 e. The zero-order chi connectivity index (χ0) is 22.0. The summed E-state index contributed by atoms with van der Waals surface area (Å²) in [5.41, 5.74) is -0.294. The molecule has 0 spiro atoms. The zero-order valence-corrected chi connectivity index (χ0v) is 16.4. The van der Waals surface area contributed by atoms with Crippen LogP contribution in [-0.2, 0) is 6.18 Å². The van der Waals surface area contributed by atoms with E-state index in [2.05, 4.69) is 10.6 Å². The first-order valence-electron chi connectivity index (χ1n) is 9.85. The van der Waals surface area contributed by atoms with Gasteiger partial charge >= 0.3 is 6.18 Å². The lowest BCUT2D eigenvalue weighted by Gasteiger charge is -2.34. The molecule has 0 unspecified atom stereocenters. The molecule has 3 N–H and O–H groups in total. The van der Waals surface area contributed by atoms with Crippen LogP contribution in [0.3, 0.4) is 0 Å². The third kappa shape index (κ3) is 4.65. The Balaban J connectivity index is 1.53. The van der Waals surface area contributed by atoms with Crippen molar-refractivity contribution in [3.05, 3.63) is 71.8 Å². The second-order valence-electron chi connectivity index (χ2n) is 7.50. The van der Waals surface area contributed by atoms with Gasteiger partial charge in [0.15, 0.2) is 0 Å². The van der Waals surface area contributed by atoms with Crippen LogP contribution >= 0.6 is 0 Å². The van der Waals surface area contributed by atoms with E-state index in [1.165, 1.54) is 12.1 Å². The van der Waals surface area contributed by atoms with Crippen LogP contribution in [0.15, 0.2) is 60.7 Å². The summed E-state index contributed by atoms with van der Waals surface area (Å²) in [6.07, 6.45) is -4.40. The smallest absolute Gasteiger partial charge is 0.416 e. The number of fused-ring (bicyclic) bond motifs is 1. The Labute approximate surface area is 176 Å². The number of rotatable bonds is 6. The highest BCUT2D eigenvalue weighted by molar-refractivity contribution is 6.00. The van der Waals surface area contributed by atoms with Crippen LogP contribution in [0.1, 0.15) is 15.9 Å². The van der Waals surface area contributed by atoms with Gasteiger partial charge in [-0.25, -0.2) is 0 Å². The van der Waals surface area contributed by atoms with Crippen molar-refractivity contribution >= 4 is 16.7 Å². The topological polar surface area (TPSA) is 70.6 Å². The van der Waals surface area contributed by atoms with Crippen LogP contribution in [0.5, 0.6) is 11.5 Å². The molecule has 8 heteroatoms. The van der Waals surface area contributed by atoms with Crippen molar-refractivity contribution in [1.29, 1.82) is 0 Å². The maximum absolute atomic E-state index is 12.7. The van der Waals surface area contributed by atoms with E-state index < -0.39 is 11.7 Å². The lowest BCUT2D eigenvalue weighted by atomic mass is 9.94. The molecule has 3 aromatic rings. The number of hydrogen-bond acceptors (Lipinski definition) is 4. The third-order valence-corrected chi connectivity index (χ3v) is 5.41. The van der Waals surface area contributed by atoms with E-state index in [9.17, 15) is 23.1 Å². The van der Waals surface area contributed by atoms with Crippen LogP contribution in [0.4, 0.5) is 13.2 Å². The van der Waals surface area contributed by atoms with Crippen molar-refractivity contribution in [3.63, 3.8) is 0 Å². The van der Waals surface area contributed by atoms with Gasteiger partial charge in [0.05, 0.1) is 18.2 Å². The van der Waals surface area contributed by atoms with Gasteiger partial charge in [0.1, 0.15) is 11.5 Å². The van der Waals surface area contributed by atoms with Crippen LogP contribution in [-0.4, -0.2) is 36.8 Å². The quantitative estimate of drug-likeness (QED) is 0.554. The summed E-state index contributed by atoms with van der Waals surface area (Å²) in [7, 11) is 0. The first kappa shape index (κ1) is 21.1. The Morgan fingerprint density at radius 1 is 1.13 bits per heavy atom. The highest BCUT2D eigenvalue weighted by Crippen LogP contribution is 2.33. The molecule has 31 heavy (non-hydrogen) atoms. The molecule has 1 heterocycles. The molecule has 0 aliphatic carbocycles. The van der Waals surface area contributed by atoms with Gasteiger partial charge < -0.3 is 20.5 Å². The largest absolute Gasteiger partial charge is 0.457 e. The third-order valence-electron chi connectivity index (χ3n) is 5.41. The number of carbonyl (C=O) groups excluding carboxylic acids is 1. The van der Waals surface area contributed by atoms with E-state index in [1.807, 2.05) is 6.07 Å². The molecule has 1 fully saturated rings. The lowest BCUT2D eigenvalue weighted by molar-refractivity contribution is -0.137. The Bertz CT molecular complexity index is 1080. The van der Waals surface area contributed by atoms with Crippen LogP contribution in [0.25, 0.3) is 10.8 Å². The standard InChI is InChI=1S/C23H21F3N2O3/c24-23(25,26)17-5-7-18(8-6-17)31-21-3-1-2-14-10-15(4-9-19(14)21)22(30)28-20(13-29)16-11-27-12-16/h1-10,16,20,27,29H,11-13H2,(H,28,30)/t20-/m1/s1. The van der Waals surface area contributed by atoms with Gasteiger partial charge in [-0.3, -0.25) is 4.79 Å². The Morgan fingerprint density at radius 2 is 1.87 bits per heavy atom. The molecule has 1 aliphatic rings. The fourth-order valence-electron chi connectivity index (χ4n) is 3.48. The summed E-state index contributed by atoms with van der Waals surface area (Å²) < 4.78 is 44.0. The summed E-state index contributed by atoms with van der Waals surface area (Å²) >= 11 is 0. The molecule has 4 rings (SSSR count). The number of aliphatic hydroxyl groups excluding tert-OH is 1.